The molecule has 1 unspecified atom stereocenters. The van der Waals surface area contributed by atoms with Crippen molar-refractivity contribution in [3.05, 3.63) is 75.1 Å². The highest BCUT2D eigenvalue weighted by Crippen LogP contribution is 2.39. The van der Waals surface area contributed by atoms with Gasteiger partial charge in [-0.2, -0.15) is 0 Å². The maximum absolute atomic E-state index is 13.4. The lowest BCUT2D eigenvalue weighted by molar-refractivity contribution is 0.0716. The molecule has 0 aliphatic carbocycles. The van der Waals surface area contributed by atoms with Gasteiger partial charge in [0.25, 0.3) is 5.91 Å². The molecule has 6 nitrogen and oxygen atoms in total. The summed E-state index contributed by atoms with van der Waals surface area (Å²) in [5.74, 6) is 0.421. The predicted molar refractivity (Wildman–Crippen MR) is 109 cm³/mol. The maximum Gasteiger partial charge on any atom is 0.290 e. The number of carbonyl (C=O) groups is 1. The van der Waals surface area contributed by atoms with E-state index < -0.39 is 6.04 Å². The number of hydrogen-bond donors (Lipinski definition) is 1. The molecule has 0 saturated carbocycles. The van der Waals surface area contributed by atoms with Gasteiger partial charge in [0.1, 0.15) is 11.3 Å². The van der Waals surface area contributed by atoms with Crippen molar-refractivity contribution in [1.82, 2.24) is 4.90 Å². The van der Waals surface area contributed by atoms with Crippen LogP contribution < -0.4 is 10.2 Å². The summed E-state index contributed by atoms with van der Waals surface area (Å²) in [6, 6.07) is 12.2. The van der Waals surface area contributed by atoms with Gasteiger partial charge in [0.2, 0.25) is 5.76 Å². The predicted octanol–water partition coefficient (Wildman–Crippen LogP) is 3.43. The molecule has 29 heavy (non-hydrogen) atoms. The molecule has 0 radical (unpaired) electrons. The summed E-state index contributed by atoms with van der Waals surface area (Å²) in [6.07, 6.45) is 0.411. The van der Waals surface area contributed by atoms with Gasteiger partial charge in [0.15, 0.2) is 5.43 Å². The van der Waals surface area contributed by atoms with Crippen LogP contribution in [0.15, 0.2) is 51.7 Å². The average Bonchev–Trinajstić information content (AvgIpc) is 3.00. The van der Waals surface area contributed by atoms with E-state index in [1.54, 1.807) is 17.0 Å². The molecule has 6 heteroatoms. The monoisotopic (exact) mass is 393 g/mol. The molecule has 2 heterocycles. The lowest BCUT2D eigenvalue weighted by Gasteiger charge is -2.25. The molecule has 2 aromatic carbocycles. The van der Waals surface area contributed by atoms with Gasteiger partial charge in [0.05, 0.1) is 23.6 Å². The van der Waals surface area contributed by atoms with E-state index in [1.807, 2.05) is 44.2 Å². The van der Waals surface area contributed by atoms with Crippen LogP contribution in [0.3, 0.4) is 0 Å². The van der Waals surface area contributed by atoms with Crippen molar-refractivity contribution in [2.45, 2.75) is 26.3 Å². The molecular formula is C23H23NO5. The highest BCUT2D eigenvalue weighted by Gasteiger charge is 2.42. The molecule has 0 saturated heterocycles. The summed E-state index contributed by atoms with van der Waals surface area (Å²) in [5.41, 5.74) is 2.27. The van der Waals surface area contributed by atoms with Gasteiger partial charge in [-0.3, -0.25) is 9.59 Å². The largest absolute Gasteiger partial charge is 0.494 e. The molecule has 1 aliphatic rings. The molecule has 1 atom stereocenters. The van der Waals surface area contributed by atoms with Crippen LogP contribution in [0.4, 0.5) is 0 Å². The standard InChI is InChI=1S/C23H23NO5/c1-3-28-16-7-4-6-15(13-16)20-19-21(26)17-12-14(2)8-9-18(17)29-22(19)23(27)24(20)10-5-11-25/h4,6-9,12-13,20,25H,3,5,10-11H2,1-2H3. The lowest BCUT2D eigenvalue weighted by Crippen LogP contribution is -2.31. The summed E-state index contributed by atoms with van der Waals surface area (Å²) < 4.78 is 11.5. The van der Waals surface area contributed by atoms with E-state index in [1.165, 1.54) is 0 Å². The Morgan fingerprint density at radius 1 is 1.17 bits per heavy atom. The molecule has 1 aromatic heterocycles. The Hall–Kier alpha value is -3.12. The Morgan fingerprint density at radius 3 is 2.76 bits per heavy atom. The second-order valence-electron chi connectivity index (χ2n) is 7.16. The fraction of sp³-hybridized carbons (Fsp3) is 0.304. The van der Waals surface area contributed by atoms with Gasteiger partial charge in [-0.25, -0.2) is 0 Å². The first kappa shape index (κ1) is 19.2. The van der Waals surface area contributed by atoms with Gasteiger partial charge in [-0.1, -0.05) is 23.8 Å². The summed E-state index contributed by atoms with van der Waals surface area (Å²) in [5, 5.41) is 9.76. The van der Waals surface area contributed by atoms with Gasteiger partial charge in [-0.15, -0.1) is 0 Å². The van der Waals surface area contributed by atoms with Gasteiger partial charge < -0.3 is 19.2 Å². The number of rotatable bonds is 6. The van der Waals surface area contributed by atoms with Crippen LogP contribution in [0.25, 0.3) is 11.0 Å². The van der Waals surface area contributed by atoms with Crippen LogP contribution in [0.2, 0.25) is 0 Å². The summed E-state index contributed by atoms with van der Waals surface area (Å²) in [7, 11) is 0. The van der Waals surface area contributed by atoms with E-state index in [0.29, 0.717) is 41.9 Å². The minimum Gasteiger partial charge on any atom is -0.494 e. The fourth-order valence-electron chi connectivity index (χ4n) is 3.89. The van der Waals surface area contributed by atoms with Crippen molar-refractivity contribution in [2.24, 2.45) is 0 Å². The molecule has 1 N–H and O–H groups in total. The molecule has 0 fully saturated rings. The topological polar surface area (TPSA) is 80.0 Å². The molecule has 0 spiro atoms. The second kappa shape index (κ2) is 7.72. The van der Waals surface area contributed by atoms with Gasteiger partial charge in [0, 0.05) is 13.2 Å². The number of nitrogens with zero attached hydrogens (tertiary/aromatic N) is 1. The Bertz CT molecular complexity index is 1130. The number of hydrogen-bond acceptors (Lipinski definition) is 5. The van der Waals surface area contributed by atoms with Crippen molar-refractivity contribution in [1.29, 1.82) is 0 Å². The quantitative estimate of drug-likeness (QED) is 0.694. The summed E-state index contributed by atoms with van der Waals surface area (Å²) >= 11 is 0. The molecule has 1 aliphatic heterocycles. The number of ether oxygens (including phenoxy) is 1. The van der Waals surface area contributed by atoms with Crippen LogP contribution in [-0.2, 0) is 0 Å². The Kier molecular flexibility index (Phi) is 5.11. The fourth-order valence-corrected chi connectivity index (χ4v) is 3.89. The molecule has 150 valence electrons. The zero-order valence-corrected chi connectivity index (χ0v) is 16.5. The van der Waals surface area contributed by atoms with Crippen LogP contribution in [-0.4, -0.2) is 35.7 Å². The Labute approximate surface area is 168 Å². The third kappa shape index (κ3) is 3.29. The van der Waals surface area contributed by atoms with Crippen molar-refractivity contribution in [3.63, 3.8) is 0 Å². The first-order chi connectivity index (χ1) is 14.0. The van der Waals surface area contributed by atoms with E-state index >= 15 is 0 Å². The number of aryl methyl sites for hydroxylation is 1. The zero-order valence-electron chi connectivity index (χ0n) is 16.5. The third-order valence-corrected chi connectivity index (χ3v) is 5.16. The summed E-state index contributed by atoms with van der Waals surface area (Å²) in [6.45, 7) is 4.60. The van der Waals surface area contributed by atoms with Crippen molar-refractivity contribution in [3.8, 4) is 5.75 Å². The highest BCUT2D eigenvalue weighted by molar-refractivity contribution is 5.99. The highest BCUT2D eigenvalue weighted by atomic mass is 16.5. The van der Waals surface area contributed by atoms with Crippen LogP contribution in [0.5, 0.6) is 5.75 Å². The molecular weight excluding hydrogens is 370 g/mol. The molecule has 0 bridgehead atoms. The van der Waals surface area contributed by atoms with Gasteiger partial charge in [-0.05, 0) is 50.1 Å². The molecule has 1 amide bonds. The van der Waals surface area contributed by atoms with E-state index in [4.69, 9.17) is 9.15 Å². The Morgan fingerprint density at radius 2 is 2.00 bits per heavy atom. The van der Waals surface area contributed by atoms with Crippen molar-refractivity contribution in [2.75, 3.05) is 19.8 Å². The number of aliphatic hydroxyl groups excluding tert-OH is 1. The Balaban J connectivity index is 1.94. The number of amides is 1. The first-order valence-corrected chi connectivity index (χ1v) is 9.77. The third-order valence-electron chi connectivity index (χ3n) is 5.16. The van der Waals surface area contributed by atoms with Crippen LogP contribution >= 0.6 is 0 Å². The van der Waals surface area contributed by atoms with Gasteiger partial charge >= 0.3 is 0 Å². The molecule has 4 rings (SSSR count). The maximum atomic E-state index is 13.4. The number of carbonyl (C=O) groups excluding carboxylic acids is 1. The van der Waals surface area contributed by atoms with Crippen LogP contribution in [0, 0.1) is 6.92 Å². The number of aliphatic hydroxyl groups is 1. The minimum atomic E-state index is -0.578. The van der Waals surface area contributed by atoms with E-state index in [2.05, 4.69) is 0 Å². The lowest BCUT2D eigenvalue weighted by atomic mass is 9.98. The summed E-state index contributed by atoms with van der Waals surface area (Å²) in [4.78, 5) is 28.2. The van der Waals surface area contributed by atoms with E-state index in [0.717, 1.165) is 11.1 Å². The second-order valence-corrected chi connectivity index (χ2v) is 7.16. The normalized spacial score (nSPS) is 15.8. The van der Waals surface area contributed by atoms with Crippen molar-refractivity contribution < 1.29 is 19.1 Å². The van der Waals surface area contributed by atoms with Crippen LogP contribution in [0.1, 0.15) is 46.6 Å². The SMILES string of the molecule is CCOc1cccc(C2c3c(oc4ccc(C)cc4c3=O)C(=O)N2CCCO)c1. The number of fused-ring (bicyclic) bond motifs is 2. The zero-order chi connectivity index (χ0) is 20.5. The average molecular weight is 393 g/mol. The number of benzene rings is 2. The van der Waals surface area contributed by atoms with Crippen molar-refractivity contribution >= 4 is 16.9 Å². The van der Waals surface area contributed by atoms with E-state index in [9.17, 15) is 14.7 Å². The minimum absolute atomic E-state index is 0.0472. The van der Waals surface area contributed by atoms with E-state index in [-0.39, 0.29) is 23.7 Å². The smallest absolute Gasteiger partial charge is 0.290 e. The molecule has 3 aromatic rings. The first-order valence-electron chi connectivity index (χ1n) is 9.77.